The first-order valence-electron chi connectivity index (χ1n) is 6.41. The van der Waals surface area contributed by atoms with Crippen LogP contribution in [0.4, 0.5) is 0 Å². The molecule has 0 aromatic heterocycles. The molecule has 0 radical (unpaired) electrons. The van der Waals surface area contributed by atoms with E-state index >= 15 is 0 Å². The number of sulfone groups is 1. The van der Waals surface area contributed by atoms with Crippen molar-refractivity contribution in [3.63, 3.8) is 0 Å². The zero-order valence-electron chi connectivity index (χ0n) is 11.2. The van der Waals surface area contributed by atoms with Gasteiger partial charge in [-0.3, -0.25) is 0 Å². The van der Waals surface area contributed by atoms with Crippen LogP contribution in [0.25, 0.3) is 0 Å². The number of rotatable bonds is 2. The fourth-order valence-electron chi connectivity index (χ4n) is 2.62. The van der Waals surface area contributed by atoms with Gasteiger partial charge in [0.25, 0.3) is 0 Å². The molecule has 1 N–H and O–H groups in total. The summed E-state index contributed by atoms with van der Waals surface area (Å²) >= 11 is 0. The Bertz CT molecular complexity index is 537. The van der Waals surface area contributed by atoms with Gasteiger partial charge >= 0.3 is 0 Å². The van der Waals surface area contributed by atoms with Crippen LogP contribution in [0.2, 0.25) is 0 Å². The molecule has 100 valence electrons. The van der Waals surface area contributed by atoms with Gasteiger partial charge in [-0.15, -0.1) is 0 Å². The standard InChI is InChI=1S/C14H21NO2S/c1-10-4-5-13(11(2)8-10)9-14-12(3)15-6-7-18(14,16)17/h4-5,8,12,14-15H,6-7,9H2,1-3H3. The summed E-state index contributed by atoms with van der Waals surface area (Å²) in [6, 6.07) is 6.25. The summed E-state index contributed by atoms with van der Waals surface area (Å²) in [6.45, 7) is 6.64. The van der Waals surface area contributed by atoms with Crippen LogP contribution in [0.1, 0.15) is 23.6 Å². The third kappa shape index (κ3) is 2.75. The Morgan fingerprint density at radius 2 is 2.06 bits per heavy atom. The van der Waals surface area contributed by atoms with Crippen LogP contribution in [0.3, 0.4) is 0 Å². The highest BCUT2D eigenvalue weighted by Crippen LogP contribution is 2.20. The van der Waals surface area contributed by atoms with Crippen LogP contribution in [-0.4, -0.2) is 32.0 Å². The normalized spacial score (nSPS) is 27.1. The maximum absolute atomic E-state index is 12.1. The molecule has 1 aromatic rings. The number of aryl methyl sites for hydroxylation is 2. The molecule has 1 heterocycles. The average Bonchev–Trinajstić information content (AvgIpc) is 2.25. The maximum atomic E-state index is 12.1. The second-order valence-electron chi connectivity index (χ2n) is 5.28. The largest absolute Gasteiger partial charge is 0.312 e. The summed E-state index contributed by atoms with van der Waals surface area (Å²) < 4.78 is 24.3. The van der Waals surface area contributed by atoms with Crippen LogP contribution in [-0.2, 0) is 16.3 Å². The monoisotopic (exact) mass is 267 g/mol. The van der Waals surface area contributed by atoms with Crippen molar-refractivity contribution in [1.29, 1.82) is 0 Å². The third-order valence-electron chi connectivity index (χ3n) is 3.79. The summed E-state index contributed by atoms with van der Waals surface area (Å²) in [4.78, 5) is 0. The smallest absolute Gasteiger partial charge is 0.156 e. The zero-order chi connectivity index (χ0) is 13.3. The summed E-state index contributed by atoms with van der Waals surface area (Å²) in [6.07, 6.45) is 0.614. The van der Waals surface area contributed by atoms with E-state index in [1.54, 1.807) is 0 Å². The van der Waals surface area contributed by atoms with Crippen molar-refractivity contribution in [3.8, 4) is 0 Å². The number of hydrogen-bond acceptors (Lipinski definition) is 3. The van der Waals surface area contributed by atoms with Gasteiger partial charge < -0.3 is 5.32 Å². The van der Waals surface area contributed by atoms with Gasteiger partial charge in [-0.1, -0.05) is 23.8 Å². The van der Waals surface area contributed by atoms with Gasteiger partial charge in [0.2, 0.25) is 0 Å². The minimum atomic E-state index is -2.96. The molecule has 3 nitrogen and oxygen atoms in total. The molecule has 1 saturated heterocycles. The maximum Gasteiger partial charge on any atom is 0.156 e. The van der Waals surface area contributed by atoms with Crippen LogP contribution in [0.5, 0.6) is 0 Å². The lowest BCUT2D eigenvalue weighted by molar-refractivity contribution is 0.477. The first-order valence-corrected chi connectivity index (χ1v) is 8.13. The minimum absolute atomic E-state index is 0.0319. The van der Waals surface area contributed by atoms with E-state index in [1.807, 2.05) is 6.92 Å². The van der Waals surface area contributed by atoms with Crippen molar-refractivity contribution in [3.05, 3.63) is 34.9 Å². The van der Waals surface area contributed by atoms with Gasteiger partial charge in [0.1, 0.15) is 0 Å². The van der Waals surface area contributed by atoms with Crippen molar-refractivity contribution in [2.24, 2.45) is 0 Å². The molecule has 1 aromatic carbocycles. The van der Waals surface area contributed by atoms with E-state index in [0.29, 0.717) is 13.0 Å². The molecule has 2 rings (SSSR count). The average molecular weight is 267 g/mol. The molecule has 18 heavy (non-hydrogen) atoms. The highest BCUT2D eigenvalue weighted by atomic mass is 32.2. The third-order valence-corrected chi connectivity index (χ3v) is 6.06. The van der Waals surface area contributed by atoms with E-state index in [4.69, 9.17) is 0 Å². The lowest BCUT2D eigenvalue weighted by Gasteiger charge is -2.30. The molecule has 0 saturated carbocycles. The molecular weight excluding hydrogens is 246 g/mol. The summed E-state index contributed by atoms with van der Waals surface area (Å²) in [5.74, 6) is 0.257. The predicted molar refractivity (Wildman–Crippen MR) is 74.7 cm³/mol. The van der Waals surface area contributed by atoms with Crippen molar-refractivity contribution in [2.75, 3.05) is 12.3 Å². The highest BCUT2D eigenvalue weighted by molar-refractivity contribution is 7.92. The van der Waals surface area contributed by atoms with Gasteiger partial charge in [-0.05, 0) is 38.3 Å². The van der Waals surface area contributed by atoms with E-state index < -0.39 is 9.84 Å². The van der Waals surface area contributed by atoms with E-state index in [-0.39, 0.29) is 17.0 Å². The lowest BCUT2D eigenvalue weighted by Crippen LogP contribution is -2.51. The Morgan fingerprint density at radius 3 is 2.67 bits per heavy atom. The Labute approximate surface area is 110 Å². The molecule has 0 amide bonds. The van der Waals surface area contributed by atoms with Gasteiger partial charge in [0.05, 0.1) is 11.0 Å². The SMILES string of the molecule is Cc1ccc(CC2C(C)NCCS2(=O)=O)c(C)c1. The number of nitrogens with one attached hydrogen (secondary N) is 1. The van der Waals surface area contributed by atoms with Crippen LogP contribution in [0.15, 0.2) is 18.2 Å². The van der Waals surface area contributed by atoms with Gasteiger partial charge in [0, 0.05) is 12.6 Å². The van der Waals surface area contributed by atoms with E-state index in [2.05, 4.69) is 37.4 Å². The van der Waals surface area contributed by atoms with E-state index in [9.17, 15) is 8.42 Å². The highest BCUT2D eigenvalue weighted by Gasteiger charge is 2.34. The summed E-state index contributed by atoms with van der Waals surface area (Å²) in [7, 11) is -2.96. The molecule has 2 atom stereocenters. The van der Waals surface area contributed by atoms with Gasteiger partial charge in [0.15, 0.2) is 9.84 Å². The first-order chi connectivity index (χ1) is 8.40. The molecule has 0 aliphatic carbocycles. The zero-order valence-corrected chi connectivity index (χ0v) is 12.0. The Balaban J connectivity index is 2.26. The van der Waals surface area contributed by atoms with Crippen LogP contribution in [0, 0.1) is 13.8 Å². The molecule has 4 heteroatoms. The quantitative estimate of drug-likeness (QED) is 0.885. The molecule has 0 bridgehead atoms. The number of benzene rings is 1. The molecule has 1 aliphatic rings. The van der Waals surface area contributed by atoms with Gasteiger partial charge in [-0.25, -0.2) is 8.42 Å². The number of hydrogen-bond donors (Lipinski definition) is 1. The molecule has 1 fully saturated rings. The Kier molecular flexibility index (Phi) is 3.78. The van der Waals surface area contributed by atoms with Crippen LogP contribution < -0.4 is 5.32 Å². The predicted octanol–water partition coefficient (Wildman–Crippen LogP) is 1.62. The van der Waals surface area contributed by atoms with E-state index in [1.165, 1.54) is 11.1 Å². The molecular formula is C14H21NO2S. The Hall–Kier alpha value is -0.870. The van der Waals surface area contributed by atoms with Crippen molar-refractivity contribution in [2.45, 2.75) is 38.5 Å². The second-order valence-corrected chi connectivity index (χ2v) is 7.62. The second kappa shape index (κ2) is 5.02. The minimum Gasteiger partial charge on any atom is -0.312 e. The topological polar surface area (TPSA) is 46.2 Å². The van der Waals surface area contributed by atoms with E-state index in [0.717, 1.165) is 5.56 Å². The molecule has 0 spiro atoms. The van der Waals surface area contributed by atoms with Gasteiger partial charge in [-0.2, -0.15) is 0 Å². The van der Waals surface area contributed by atoms with Crippen molar-refractivity contribution < 1.29 is 8.42 Å². The van der Waals surface area contributed by atoms with Crippen molar-refractivity contribution >= 4 is 9.84 Å². The molecule has 2 unspecified atom stereocenters. The molecule has 1 aliphatic heterocycles. The Morgan fingerprint density at radius 1 is 1.33 bits per heavy atom. The fourth-order valence-corrected chi connectivity index (χ4v) is 4.47. The first kappa shape index (κ1) is 13.6. The summed E-state index contributed by atoms with van der Waals surface area (Å²) in [5, 5.41) is 2.96. The van der Waals surface area contributed by atoms with Crippen LogP contribution >= 0.6 is 0 Å². The van der Waals surface area contributed by atoms with Crippen molar-refractivity contribution in [1.82, 2.24) is 5.32 Å². The summed E-state index contributed by atoms with van der Waals surface area (Å²) in [5.41, 5.74) is 3.54. The lowest BCUT2D eigenvalue weighted by atomic mass is 9.99. The fraction of sp³-hybridized carbons (Fsp3) is 0.571.